The fourth-order valence-corrected chi connectivity index (χ4v) is 5.38. The van der Waals surface area contributed by atoms with Gasteiger partial charge in [-0.25, -0.2) is 8.78 Å². The third-order valence-corrected chi connectivity index (χ3v) is 7.61. The van der Waals surface area contributed by atoms with Crippen molar-refractivity contribution in [3.8, 4) is 11.1 Å². The molecule has 186 valence electrons. The molecular formula is C27H24ClF2N3O3. The van der Waals surface area contributed by atoms with E-state index in [-0.39, 0.29) is 43.0 Å². The first-order chi connectivity index (χ1) is 17.3. The molecule has 3 heterocycles. The number of aromatic nitrogens is 1. The van der Waals surface area contributed by atoms with E-state index in [1.165, 1.54) is 23.2 Å². The number of carbonyl (C=O) groups is 2. The molecule has 3 fully saturated rings. The lowest BCUT2D eigenvalue weighted by Gasteiger charge is -2.46. The average Bonchev–Trinajstić information content (AvgIpc) is 3.69. The van der Waals surface area contributed by atoms with Crippen molar-refractivity contribution in [1.29, 1.82) is 0 Å². The maximum Gasteiger partial charge on any atom is 0.248 e. The van der Waals surface area contributed by atoms with Crippen LogP contribution in [-0.2, 0) is 20.9 Å². The number of nitrogens with zero attached hydrogens (tertiary/aromatic N) is 3. The van der Waals surface area contributed by atoms with Crippen LogP contribution in [0.5, 0.6) is 0 Å². The Kier molecular flexibility index (Phi) is 5.68. The van der Waals surface area contributed by atoms with Gasteiger partial charge >= 0.3 is 0 Å². The number of fused-ring (bicyclic) bond motifs is 1. The first kappa shape index (κ1) is 23.3. The molecule has 1 spiro atoms. The number of pyridine rings is 1. The molecule has 2 aliphatic heterocycles. The standard InChI is InChI=1S/C27H24ClF2N3O3/c28-19-7-17-2-1-16(10-24(17)31-12-19)18-8-22(29)21(23(30)9-18)13-32-6-5-27(11-25(32)34)15-33(20-3-4-20)26(35)14-36-27/h1-2,7-10,12,20H,3-6,11,13-15H2. The fraction of sp³-hybridized carbons (Fsp3) is 0.370. The Morgan fingerprint density at radius 3 is 2.56 bits per heavy atom. The highest BCUT2D eigenvalue weighted by Gasteiger charge is 2.48. The van der Waals surface area contributed by atoms with Crippen molar-refractivity contribution in [2.45, 2.75) is 43.9 Å². The second kappa shape index (κ2) is 8.78. The zero-order valence-electron chi connectivity index (χ0n) is 19.5. The van der Waals surface area contributed by atoms with Gasteiger partial charge in [-0.3, -0.25) is 14.6 Å². The number of hydrogen-bond acceptors (Lipinski definition) is 4. The minimum atomic E-state index is -0.709. The number of ether oxygens (including phenoxy) is 1. The Balaban J connectivity index is 1.18. The topological polar surface area (TPSA) is 62.7 Å². The zero-order chi connectivity index (χ0) is 25.0. The summed E-state index contributed by atoms with van der Waals surface area (Å²) in [4.78, 5) is 32.8. The molecule has 1 atom stereocenters. The van der Waals surface area contributed by atoms with Crippen LogP contribution in [0.4, 0.5) is 8.78 Å². The second-order valence-corrected chi connectivity index (χ2v) is 10.4. The van der Waals surface area contributed by atoms with Crippen LogP contribution in [0.1, 0.15) is 31.2 Å². The van der Waals surface area contributed by atoms with Crippen LogP contribution < -0.4 is 0 Å². The van der Waals surface area contributed by atoms with Gasteiger partial charge in [0.1, 0.15) is 18.2 Å². The highest BCUT2D eigenvalue weighted by Crippen LogP contribution is 2.37. The summed E-state index contributed by atoms with van der Waals surface area (Å²) >= 11 is 5.98. The van der Waals surface area contributed by atoms with E-state index in [9.17, 15) is 9.59 Å². The smallest absolute Gasteiger partial charge is 0.248 e. The maximum absolute atomic E-state index is 15.1. The monoisotopic (exact) mass is 511 g/mol. The number of halogens is 3. The Labute approximate surface area is 211 Å². The van der Waals surface area contributed by atoms with E-state index in [4.69, 9.17) is 16.3 Å². The summed E-state index contributed by atoms with van der Waals surface area (Å²) in [5.74, 6) is -1.68. The minimum absolute atomic E-state index is 0.0220. The first-order valence-electron chi connectivity index (χ1n) is 12.1. The molecule has 0 N–H and O–H groups in total. The predicted molar refractivity (Wildman–Crippen MR) is 130 cm³/mol. The SMILES string of the molecule is O=C1CC2(CCN1Cc1c(F)cc(-c3ccc4cc(Cl)cnc4c3)cc1F)CN(C1CC1)C(=O)CO2. The highest BCUT2D eigenvalue weighted by atomic mass is 35.5. The van der Waals surface area contributed by atoms with Crippen molar-refractivity contribution < 1.29 is 23.1 Å². The van der Waals surface area contributed by atoms with Gasteiger partial charge in [0.05, 0.1) is 35.7 Å². The predicted octanol–water partition coefficient (Wildman–Crippen LogP) is 4.72. The molecule has 36 heavy (non-hydrogen) atoms. The molecule has 1 unspecified atom stereocenters. The summed E-state index contributed by atoms with van der Waals surface area (Å²) < 4.78 is 36.1. The van der Waals surface area contributed by atoms with Crippen LogP contribution in [0.25, 0.3) is 22.0 Å². The van der Waals surface area contributed by atoms with Crippen LogP contribution in [0.15, 0.2) is 42.6 Å². The molecule has 3 aliphatic rings. The molecule has 0 bridgehead atoms. The van der Waals surface area contributed by atoms with Crippen molar-refractivity contribution >= 4 is 34.3 Å². The van der Waals surface area contributed by atoms with E-state index < -0.39 is 17.2 Å². The molecule has 2 saturated heterocycles. The molecule has 3 aromatic rings. The first-order valence-corrected chi connectivity index (χ1v) is 12.4. The van der Waals surface area contributed by atoms with Crippen molar-refractivity contribution in [2.24, 2.45) is 0 Å². The van der Waals surface area contributed by atoms with Gasteiger partial charge in [-0.15, -0.1) is 0 Å². The maximum atomic E-state index is 15.1. The lowest BCUT2D eigenvalue weighted by Crippen LogP contribution is -2.60. The lowest BCUT2D eigenvalue weighted by atomic mass is 9.88. The number of morpholine rings is 1. The molecule has 2 aromatic carbocycles. The Hall–Kier alpha value is -3.10. The van der Waals surface area contributed by atoms with E-state index in [1.807, 2.05) is 4.90 Å². The summed E-state index contributed by atoms with van der Waals surface area (Å²) in [6.07, 6.45) is 4.11. The van der Waals surface area contributed by atoms with Gasteiger partial charge in [0.2, 0.25) is 11.8 Å². The molecule has 1 saturated carbocycles. The summed E-state index contributed by atoms with van der Waals surface area (Å²) in [6, 6.07) is 9.93. The largest absolute Gasteiger partial charge is 0.363 e. The van der Waals surface area contributed by atoms with Gasteiger partial charge in [-0.2, -0.15) is 0 Å². The van der Waals surface area contributed by atoms with Crippen molar-refractivity contribution in [1.82, 2.24) is 14.8 Å². The third-order valence-electron chi connectivity index (χ3n) is 7.41. The Morgan fingerprint density at radius 1 is 1.06 bits per heavy atom. The number of piperidine rings is 1. The van der Waals surface area contributed by atoms with Gasteiger partial charge in [0.25, 0.3) is 0 Å². The molecule has 6 rings (SSSR count). The summed E-state index contributed by atoms with van der Waals surface area (Å²) in [7, 11) is 0. The van der Waals surface area contributed by atoms with Crippen LogP contribution in [0.2, 0.25) is 5.02 Å². The molecule has 1 aromatic heterocycles. The van der Waals surface area contributed by atoms with Crippen LogP contribution in [0.3, 0.4) is 0 Å². The number of likely N-dealkylation sites (tertiary alicyclic amines) is 1. The summed E-state index contributed by atoms with van der Waals surface area (Å²) in [5.41, 5.74) is 0.826. The number of amides is 2. The minimum Gasteiger partial charge on any atom is -0.363 e. The normalized spacial score (nSPS) is 22.6. The van der Waals surface area contributed by atoms with Crippen LogP contribution in [-0.4, -0.2) is 57.9 Å². The van der Waals surface area contributed by atoms with Gasteiger partial charge in [-0.05, 0) is 54.7 Å². The van der Waals surface area contributed by atoms with Gasteiger partial charge < -0.3 is 14.5 Å². The Bertz CT molecular complexity index is 1370. The fourth-order valence-electron chi connectivity index (χ4n) is 5.21. The second-order valence-electron chi connectivity index (χ2n) is 9.95. The van der Waals surface area contributed by atoms with E-state index in [2.05, 4.69) is 4.98 Å². The van der Waals surface area contributed by atoms with E-state index in [0.717, 1.165) is 18.2 Å². The molecule has 2 amide bonds. The number of rotatable bonds is 4. The van der Waals surface area contributed by atoms with E-state index >= 15 is 8.78 Å². The van der Waals surface area contributed by atoms with Crippen molar-refractivity contribution in [2.75, 3.05) is 19.7 Å². The van der Waals surface area contributed by atoms with Crippen molar-refractivity contribution in [3.05, 3.63) is 64.8 Å². The lowest BCUT2D eigenvalue weighted by molar-refractivity contribution is -0.178. The number of hydrogen-bond donors (Lipinski definition) is 0. The third kappa shape index (κ3) is 4.33. The van der Waals surface area contributed by atoms with Gasteiger partial charge in [0.15, 0.2) is 0 Å². The van der Waals surface area contributed by atoms with Crippen LogP contribution >= 0.6 is 11.6 Å². The summed E-state index contributed by atoms with van der Waals surface area (Å²) in [6.45, 7) is 0.535. The van der Waals surface area contributed by atoms with Gasteiger partial charge in [0, 0.05) is 29.7 Å². The molecule has 0 radical (unpaired) electrons. The number of carbonyl (C=O) groups excluding carboxylic acids is 2. The average molecular weight is 512 g/mol. The summed E-state index contributed by atoms with van der Waals surface area (Å²) in [5, 5.41) is 1.34. The Morgan fingerprint density at radius 2 is 1.83 bits per heavy atom. The van der Waals surface area contributed by atoms with Crippen molar-refractivity contribution in [3.63, 3.8) is 0 Å². The highest BCUT2D eigenvalue weighted by molar-refractivity contribution is 6.31. The van der Waals surface area contributed by atoms with Gasteiger partial charge in [-0.1, -0.05) is 23.7 Å². The number of benzene rings is 2. The molecule has 1 aliphatic carbocycles. The zero-order valence-corrected chi connectivity index (χ0v) is 20.2. The molecule has 9 heteroatoms. The van der Waals surface area contributed by atoms with Crippen LogP contribution in [0, 0.1) is 11.6 Å². The van der Waals surface area contributed by atoms with E-state index in [1.54, 1.807) is 24.3 Å². The van der Waals surface area contributed by atoms with E-state index in [0.29, 0.717) is 41.2 Å². The quantitative estimate of drug-likeness (QED) is 0.509. The molecular weight excluding hydrogens is 488 g/mol. The molecule has 6 nitrogen and oxygen atoms in total.